The summed E-state index contributed by atoms with van der Waals surface area (Å²) in [7, 11) is 0. The summed E-state index contributed by atoms with van der Waals surface area (Å²) in [6.07, 6.45) is 0. The van der Waals surface area contributed by atoms with Crippen molar-refractivity contribution in [3.8, 4) is 22.5 Å². The second kappa shape index (κ2) is 7.03. The van der Waals surface area contributed by atoms with Gasteiger partial charge in [0.25, 0.3) is 5.91 Å². The van der Waals surface area contributed by atoms with E-state index in [9.17, 15) is 4.79 Å². The zero-order chi connectivity index (χ0) is 18.8. The number of benzene rings is 3. The van der Waals surface area contributed by atoms with E-state index in [1.165, 1.54) is 0 Å². The molecule has 4 aromatic rings. The topological polar surface area (TPSA) is 104 Å². The van der Waals surface area contributed by atoms with Crippen LogP contribution in [-0.2, 0) is 6.54 Å². The van der Waals surface area contributed by atoms with E-state index in [1.54, 1.807) is 23.7 Å². The Morgan fingerprint density at radius 3 is 2.22 bits per heavy atom. The largest absolute Gasteiger partial charge is 0.338 e. The second-order valence-electron chi connectivity index (χ2n) is 6.24. The minimum Gasteiger partial charge on any atom is -0.338 e. The maximum atomic E-state index is 11.5. The lowest BCUT2D eigenvalue weighted by Crippen LogP contribution is -2.18. The quantitative estimate of drug-likeness (QED) is 0.331. The van der Waals surface area contributed by atoms with E-state index >= 15 is 0 Å². The molecule has 6 heteroatoms. The predicted octanol–water partition coefficient (Wildman–Crippen LogP) is 3.47. The van der Waals surface area contributed by atoms with Gasteiger partial charge in [0.15, 0.2) is 0 Å². The van der Waals surface area contributed by atoms with E-state index in [4.69, 9.17) is 10.9 Å². The van der Waals surface area contributed by atoms with E-state index in [2.05, 4.69) is 22.1 Å². The molecule has 0 bridgehead atoms. The molecular weight excluding hydrogens is 340 g/mol. The van der Waals surface area contributed by atoms with Gasteiger partial charge >= 0.3 is 0 Å². The average molecular weight is 358 g/mol. The molecule has 1 amide bonds. The molecular formula is C21H18N4O2. The van der Waals surface area contributed by atoms with Crippen LogP contribution in [0.25, 0.3) is 33.5 Å². The fourth-order valence-electron chi connectivity index (χ4n) is 3.01. The van der Waals surface area contributed by atoms with Gasteiger partial charge in [-0.2, -0.15) is 0 Å². The number of carbonyl (C=O) groups is 1. The number of imidazole rings is 1. The van der Waals surface area contributed by atoms with Crippen LogP contribution in [0.15, 0.2) is 66.7 Å². The number of aromatic amines is 1. The van der Waals surface area contributed by atoms with Gasteiger partial charge in [0.05, 0.1) is 11.0 Å². The van der Waals surface area contributed by atoms with Crippen molar-refractivity contribution in [3.63, 3.8) is 0 Å². The SMILES string of the molecule is NCc1ccc(-c2ccc(-c3nc4ccc(C(=O)NO)cc4[nH]3)cc2)cc1. The lowest BCUT2D eigenvalue weighted by molar-refractivity contribution is 0.0706. The highest BCUT2D eigenvalue weighted by Gasteiger charge is 2.09. The van der Waals surface area contributed by atoms with Crippen LogP contribution in [0.2, 0.25) is 0 Å². The highest BCUT2D eigenvalue weighted by molar-refractivity contribution is 5.97. The number of fused-ring (bicyclic) bond motifs is 1. The van der Waals surface area contributed by atoms with Crippen LogP contribution in [0.4, 0.5) is 0 Å². The Morgan fingerprint density at radius 1 is 0.963 bits per heavy atom. The summed E-state index contributed by atoms with van der Waals surface area (Å²) in [6.45, 7) is 0.535. The minimum atomic E-state index is -0.557. The number of hydroxylamine groups is 1. The maximum absolute atomic E-state index is 11.5. The fraction of sp³-hybridized carbons (Fsp3) is 0.0476. The zero-order valence-electron chi connectivity index (χ0n) is 14.4. The smallest absolute Gasteiger partial charge is 0.274 e. The van der Waals surface area contributed by atoms with Crippen molar-refractivity contribution in [1.29, 1.82) is 0 Å². The Labute approximate surface area is 155 Å². The number of H-pyrrole nitrogens is 1. The summed E-state index contributed by atoms with van der Waals surface area (Å²) in [4.78, 5) is 19.3. The molecule has 1 aromatic heterocycles. The van der Waals surface area contributed by atoms with E-state index < -0.39 is 5.91 Å². The van der Waals surface area contributed by atoms with Gasteiger partial charge in [-0.25, -0.2) is 10.5 Å². The van der Waals surface area contributed by atoms with Crippen molar-refractivity contribution in [1.82, 2.24) is 15.4 Å². The summed E-state index contributed by atoms with van der Waals surface area (Å²) in [6, 6.07) is 21.3. The molecule has 5 N–H and O–H groups in total. The van der Waals surface area contributed by atoms with Gasteiger partial charge < -0.3 is 10.7 Å². The summed E-state index contributed by atoms with van der Waals surface area (Å²) in [5.41, 5.74) is 13.4. The molecule has 0 aliphatic rings. The molecule has 0 saturated heterocycles. The molecule has 0 saturated carbocycles. The van der Waals surface area contributed by atoms with Gasteiger partial charge in [0, 0.05) is 17.7 Å². The third-order valence-electron chi connectivity index (χ3n) is 4.53. The monoisotopic (exact) mass is 358 g/mol. The number of carbonyl (C=O) groups excluding carboxylic acids is 1. The highest BCUT2D eigenvalue weighted by Crippen LogP contribution is 2.25. The first-order valence-corrected chi connectivity index (χ1v) is 8.52. The molecule has 0 fully saturated rings. The molecule has 134 valence electrons. The molecule has 0 atom stereocenters. The molecule has 4 rings (SSSR count). The number of rotatable bonds is 4. The van der Waals surface area contributed by atoms with E-state index in [-0.39, 0.29) is 0 Å². The Hall–Kier alpha value is -3.48. The first-order valence-electron chi connectivity index (χ1n) is 8.52. The lowest BCUT2D eigenvalue weighted by atomic mass is 10.0. The predicted molar refractivity (Wildman–Crippen MR) is 104 cm³/mol. The molecule has 0 radical (unpaired) electrons. The van der Waals surface area contributed by atoms with Crippen molar-refractivity contribution in [2.24, 2.45) is 5.73 Å². The lowest BCUT2D eigenvalue weighted by Gasteiger charge is -2.04. The Morgan fingerprint density at radius 2 is 1.59 bits per heavy atom. The molecule has 0 spiro atoms. The van der Waals surface area contributed by atoms with Crippen LogP contribution in [0, 0.1) is 0 Å². The number of nitrogens with two attached hydrogens (primary N) is 1. The molecule has 27 heavy (non-hydrogen) atoms. The number of aromatic nitrogens is 2. The van der Waals surface area contributed by atoms with E-state index in [0.717, 1.165) is 39.1 Å². The zero-order valence-corrected chi connectivity index (χ0v) is 14.4. The maximum Gasteiger partial charge on any atom is 0.274 e. The highest BCUT2D eigenvalue weighted by atomic mass is 16.5. The van der Waals surface area contributed by atoms with Crippen LogP contribution in [-0.4, -0.2) is 21.1 Å². The van der Waals surface area contributed by atoms with E-state index in [0.29, 0.717) is 12.1 Å². The summed E-state index contributed by atoms with van der Waals surface area (Å²) in [5, 5.41) is 8.76. The van der Waals surface area contributed by atoms with E-state index in [1.807, 2.05) is 36.4 Å². The van der Waals surface area contributed by atoms with Crippen LogP contribution in [0.5, 0.6) is 0 Å². The van der Waals surface area contributed by atoms with Crippen LogP contribution >= 0.6 is 0 Å². The van der Waals surface area contributed by atoms with Crippen LogP contribution < -0.4 is 11.2 Å². The third-order valence-corrected chi connectivity index (χ3v) is 4.53. The van der Waals surface area contributed by atoms with Gasteiger partial charge in [-0.1, -0.05) is 48.5 Å². The molecule has 0 aliphatic carbocycles. The van der Waals surface area contributed by atoms with Crippen molar-refractivity contribution >= 4 is 16.9 Å². The Bertz CT molecular complexity index is 1100. The fourth-order valence-corrected chi connectivity index (χ4v) is 3.01. The number of nitrogens with zero attached hydrogens (tertiary/aromatic N) is 1. The molecule has 3 aromatic carbocycles. The number of amides is 1. The second-order valence-corrected chi connectivity index (χ2v) is 6.24. The first-order chi connectivity index (χ1) is 13.2. The van der Waals surface area contributed by atoms with Gasteiger partial charge in [-0.05, 0) is 34.9 Å². The standard InChI is InChI=1S/C21H18N4O2/c22-12-13-1-3-14(4-2-13)15-5-7-16(8-6-15)20-23-18-10-9-17(21(26)25-27)11-19(18)24-20/h1-11,27H,12,22H2,(H,23,24)(H,25,26). The summed E-state index contributed by atoms with van der Waals surface area (Å²) in [5.74, 6) is 0.162. The molecule has 0 aliphatic heterocycles. The normalized spacial score (nSPS) is 10.9. The van der Waals surface area contributed by atoms with Gasteiger partial charge in [0.2, 0.25) is 0 Å². The number of hydrogen-bond donors (Lipinski definition) is 4. The number of nitrogens with one attached hydrogen (secondary N) is 2. The summed E-state index contributed by atoms with van der Waals surface area (Å²) >= 11 is 0. The van der Waals surface area contributed by atoms with Crippen LogP contribution in [0.3, 0.4) is 0 Å². The Balaban J connectivity index is 1.63. The Kier molecular flexibility index (Phi) is 4.42. The van der Waals surface area contributed by atoms with Gasteiger partial charge in [-0.15, -0.1) is 0 Å². The van der Waals surface area contributed by atoms with Crippen molar-refractivity contribution < 1.29 is 10.0 Å². The minimum absolute atomic E-state index is 0.358. The molecule has 6 nitrogen and oxygen atoms in total. The summed E-state index contributed by atoms with van der Waals surface area (Å²) < 4.78 is 0. The molecule has 0 unspecified atom stereocenters. The van der Waals surface area contributed by atoms with Gasteiger partial charge in [-0.3, -0.25) is 10.0 Å². The van der Waals surface area contributed by atoms with Gasteiger partial charge in [0.1, 0.15) is 5.82 Å². The third kappa shape index (κ3) is 3.31. The van der Waals surface area contributed by atoms with Crippen molar-refractivity contribution in [2.75, 3.05) is 0 Å². The average Bonchev–Trinajstić information content (AvgIpc) is 3.16. The van der Waals surface area contributed by atoms with Crippen molar-refractivity contribution in [3.05, 3.63) is 77.9 Å². The number of hydrogen-bond acceptors (Lipinski definition) is 4. The van der Waals surface area contributed by atoms with Crippen molar-refractivity contribution in [2.45, 2.75) is 6.54 Å². The van der Waals surface area contributed by atoms with Crippen LogP contribution in [0.1, 0.15) is 15.9 Å². The first kappa shape index (κ1) is 17.0. The molecule has 1 heterocycles.